The number of carbonyl (C=O) groups is 2. The molecule has 3 aromatic carbocycles. The summed E-state index contributed by atoms with van der Waals surface area (Å²) >= 11 is 1.10. The number of amides is 1. The Labute approximate surface area is 192 Å². The van der Waals surface area contributed by atoms with Gasteiger partial charge in [0.15, 0.2) is 5.13 Å². The molecule has 0 saturated carbocycles. The van der Waals surface area contributed by atoms with E-state index in [4.69, 9.17) is 4.74 Å². The molecule has 1 amide bonds. The molecule has 0 spiro atoms. The number of rotatable bonds is 4. The third kappa shape index (κ3) is 3.54. The molecule has 1 aliphatic heterocycles. The molecule has 5 rings (SSSR count). The largest absolute Gasteiger partial charge is 0.507 e. The summed E-state index contributed by atoms with van der Waals surface area (Å²) in [4.78, 5) is 32.1. The van der Waals surface area contributed by atoms with Gasteiger partial charge in [-0.15, -0.1) is 0 Å². The second kappa shape index (κ2) is 8.14. The Morgan fingerprint density at radius 3 is 2.61 bits per heavy atom. The van der Waals surface area contributed by atoms with Crippen LogP contribution >= 0.6 is 11.3 Å². The second-order valence-corrected chi connectivity index (χ2v) is 8.43. The van der Waals surface area contributed by atoms with Crippen molar-refractivity contribution in [3.63, 3.8) is 0 Å². The number of aromatic nitrogens is 1. The molecule has 164 valence electrons. The first-order valence-electron chi connectivity index (χ1n) is 10.0. The third-order valence-corrected chi connectivity index (χ3v) is 6.46. The predicted octanol–water partition coefficient (Wildman–Crippen LogP) is 5.07. The van der Waals surface area contributed by atoms with Crippen LogP contribution in [-0.4, -0.2) is 28.9 Å². The predicted molar refractivity (Wildman–Crippen MR) is 124 cm³/mol. The fourth-order valence-corrected chi connectivity index (χ4v) is 4.91. The maximum absolute atomic E-state index is 13.7. The molecular formula is C25H17FN2O4S. The number of fused-ring (bicyclic) bond motifs is 1. The van der Waals surface area contributed by atoms with Crippen molar-refractivity contribution in [1.29, 1.82) is 0 Å². The zero-order valence-corrected chi connectivity index (χ0v) is 18.2. The highest BCUT2D eigenvalue weighted by Crippen LogP contribution is 2.44. The number of thiazole rings is 1. The van der Waals surface area contributed by atoms with Crippen molar-refractivity contribution >= 4 is 44.1 Å². The van der Waals surface area contributed by atoms with Crippen LogP contribution in [0.25, 0.3) is 16.0 Å². The molecule has 1 atom stereocenters. The summed E-state index contributed by atoms with van der Waals surface area (Å²) in [5.41, 5.74) is 1.43. The van der Waals surface area contributed by atoms with Gasteiger partial charge < -0.3 is 9.84 Å². The average molecular weight is 460 g/mol. The van der Waals surface area contributed by atoms with Gasteiger partial charge in [0.25, 0.3) is 5.78 Å². The van der Waals surface area contributed by atoms with Gasteiger partial charge in [0.05, 0.1) is 28.9 Å². The van der Waals surface area contributed by atoms with E-state index in [2.05, 4.69) is 4.98 Å². The van der Waals surface area contributed by atoms with Crippen LogP contribution in [0.3, 0.4) is 0 Å². The van der Waals surface area contributed by atoms with Crippen molar-refractivity contribution in [1.82, 2.24) is 4.98 Å². The number of carbonyl (C=O) groups excluding carboxylic acids is 2. The molecule has 1 saturated heterocycles. The van der Waals surface area contributed by atoms with Gasteiger partial charge in [0.2, 0.25) is 0 Å². The molecule has 4 aromatic rings. The number of benzene rings is 3. The van der Waals surface area contributed by atoms with Gasteiger partial charge in [0.1, 0.15) is 17.3 Å². The van der Waals surface area contributed by atoms with Crippen molar-refractivity contribution < 1.29 is 23.8 Å². The lowest BCUT2D eigenvalue weighted by atomic mass is 9.95. The number of ether oxygens (including phenoxy) is 1. The molecule has 1 aliphatic rings. The van der Waals surface area contributed by atoms with Crippen LogP contribution in [0.5, 0.6) is 5.75 Å². The van der Waals surface area contributed by atoms with Gasteiger partial charge in [-0.1, -0.05) is 53.8 Å². The number of hydrogen-bond donors (Lipinski definition) is 1. The number of Topliss-reactive ketones (excluding diaryl/α,β-unsaturated/α-hetero) is 1. The maximum Gasteiger partial charge on any atom is 0.301 e. The smallest absolute Gasteiger partial charge is 0.301 e. The lowest BCUT2D eigenvalue weighted by molar-refractivity contribution is -0.132. The van der Waals surface area contributed by atoms with Crippen molar-refractivity contribution in [3.8, 4) is 5.75 Å². The minimum atomic E-state index is -0.939. The third-order valence-electron chi connectivity index (χ3n) is 5.45. The molecule has 0 aliphatic carbocycles. The number of methoxy groups -OCH3 is 1. The fourth-order valence-electron chi connectivity index (χ4n) is 3.90. The first-order chi connectivity index (χ1) is 16.0. The van der Waals surface area contributed by atoms with Crippen molar-refractivity contribution in [2.24, 2.45) is 0 Å². The SMILES string of the molecule is COc1cccc([C@H]2C(=C(O)c3ccccc3)C(=O)C(=O)N2c2nc3ccc(F)cc3s2)c1. The van der Waals surface area contributed by atoms with Gasteiger partial charge in [-0.25, -0.2) is 9.37 Å². The van der Waals surface area contributed by atoms with Gasteiger partial charge in [-0.2, -0.15) is 0 Å². The first-order valence-corrected chi connectivity index (χ1v) is 10.9. The Bertz CT molecular complexity index is 1430. The van der Waals surface area contributed by atoms with E-state index in [1.807, 2.05) is 0 Å². The number of ketones is 1. The summed E-state index contributed by atoms with van der Waals surface area (Å²) in [6, 6.07) is 18.7. The van der Waals surface area contributed by atoms with E-state index in [1.165, 1.54) is 30.2 Å². The van der Waals surface area contributed by atoms with E-state index in [0.29, 0.717) is 27.1 Å². The zero-order valence-electron chi connectivity index (χ0n) is 17.4. The summed E-state index contributed by atoms with van der Waals surface area (Å²) < 4.78 is 19.6. The number of halogens is 1. The molecule has 0 radical (unpaired) electrons. The van der Waals surface area contributed by atoms with Crippen molar-refractivity contribution in [2.75, 3.05) is 12.0 Å². The monoisotopic (exact) mass is 460 g/mol. The van der Waals surface area contributed by atoms with Gasteiger partial charge in [0, 0.05) is 5.56 Å². The molecular weight excluding hydrogens is 443 g/mol. The Morgan fingerprint density at radius 1 is 1.06 bits per heavy atom. The Hall–Kier alpha value is -4.04. The molecule has 1 fully saturated rings. The summed E-state index contributed by atoms with van der Waals surface area (Å²) in [5.74, 6) is -1.82. The summed E-state index contributed by atoms with van der Waals surface area (Å²) in [7, 11) is 1.52. The van der Waals surface area contributed by atoms with Gasteiger partial charge in [-0.3, -0.25) is 14.5 Å². The van der Waals surface area contributed by atoms with Crippen LogP contribution < -0.4 is 9.64 Å². The Morgan fingerprint density at radius 2 is 1.85 bits per heavy atom. The fraction of sp³-hybridized carbons (Fsp3) is 0.0800. The summed E-state index contributed by atoms with van der Waals surface area (Å²) in [6.07, 6.45) is 0. The van der Waals surface area contributed by atoms with E-state index in [-0.39, 0.29) is 16.5 Å². The highest BCUT2D eigenvalue weighted by molar-refractivity contribution is 7.22. The molecule has 0 unspecified atom stereocenters. The van der Waals surface area contributed by atoms with Crippen LogP contribution in [0, 0.1) is 5.82 Å². The number of aliphatic hydroxyl groups is 1. The van der Waals surface area contributed by atoms with Crippen LogP contribution in [0.4, 0.5) is 9.52 Å². The highest BCUT2D eigenvalue weighted by atomic mass is 32.1. The number of anilines is 1. The minimum Gasteiger partial charge on any atom is -0.507 e. The summed E-state index contributed by atoms with van der Waals surface area (Å²) in [6.45, 7) is 0. The molecule has 33 heavy (non-hydrogen) atoms. The highest BCUT2D eigenvalue weighted by Gasteiger charge is 2.48. The van der Waals surface area contributed by atoms with E-state index in [1.54, 1.807) is 54.6 Å². The van der Waals surface area contributed by atoms with Gasteiger partial charge in [-0.05, 0) is 35.9 Å². The summed E-state index contributed by atoms with van der Waals surface area (Å²) in [5, 5.41) is 11.3. The van der Waals surface area contributed by atoms with Crippen LogP contribution in [-0.2, 0) is 9.59 Å². The van der Waals surface area contributed by atoms with Crippen molar-refractivity contribution in [3.05, 3.63) is 95.3 Å². The molecule has 1 N–H and O–H groups in total. The quantitative estimate of drug-likeness (QED) is 0.261. The average Bonchev–Trinajstić information content (AvgIpc) is 3.37. The van der Waals surface area contributed by atoms with E-state index in [0.717, 1.165) is 11.3 Å². The first kappa shape index (κ1) is 20.8. The topological polar surface area (TPSA) is 79.7 Å². The van der Waals surface area contributed by atoms with E-state index < -0.39 is 23.5 Å². The van der Waals surface area contributed by atoms with E-state index in [9.17, 15) is 19.1 Å². The zero-order chi connectivity index (χ0) is 23.1. The number of hydrogen-bond acceptors (Lipinski definition) is 6. The van der Waals surface area contributed by atoms with Crippen LogP contribution in [0.1, 0.15) is 17.2 Å². The minimum absolute atomic E-state index is 0.0510. The standard InChI is InChI=1S/C25H17FN2O4S/c1-32-17-9-5-8-15(12-17)21-20(22(29)14-6-3-2-4-7-14)23(30)24(31)28(21)25-27-18-11-10-16(26)13-19(18)33-25/h2-13,21,29H,1H3/t21-/m0/s1. The number of aliphatic hydroxyl groups excluding tert-OH is 1. The Balaban J connectivity index is 1.74. The lowest BCUT2D eigenvalue weighted by Crippen LogP contribution is -2.29. The molecule has 0 bridgehead atoms. The van der Waals surface area contributed by atoms with Crippen LogP contribution in [0.15, 0.2) is 78.4 Å². The number of nitrogens with zero attached hydrogens (tertiary/aromatic N) is 2. The molecule has 8 heteroatoms. The van der Waals surface area contributed by atoms with Crippen molar-refractivity contribution in [2.45, 2.75) is 6.04 Å². The molecule has 6 nitrogen and oxygen atoms in total. The van der Waals surface area contributed by atoms with Gasteiger partial charge >= 0.3 is 5.91 Å². The lowest BCUT2D eigenvalue weighted by Gasteiger charge is -2.23. The van der Waals surface area contributed by atoms with E-state index >= 15 is 0 Å². The molecule has 1 aromatic heterocycles. The Kier molecular flexibility index (Phi) is 5.14. The molecule has 2 heterocycles. The maximum atomic E-state index is 13.7. The second-order valence-electron chi connectivity index (χ2n) is 7.42. The normalized spacial score (nSPS) is 17.6. The van der Waals surface area contributed by atoms with Crippen LogP contribution in [0.2, 0.25) is 0 Å².